The number of nitrogens with zero attached hydrogens (tertiary/aromatic N) is 3. The summed E-state index contributed by atoms with van der Waals surface area (Å²) in [6, 6.07) is -0.144. The fourth-order valence-corrected chi connectivity index (χ4v) is 8.14. The first-order valence-electron chi connectivity index (χ1n) is 17.0. The molecule has 0 aliphatic carbocycles. The van der Waals surface area contributed by atoms with Gasteiger partial charge in [-0.05, 0) is 80.4 Å². The number of aliphatic hydroxyl groups excluding tert-OH is 1. The van der Waals surface area contributed by atoms with E-state index < -0.39 is 41.4 Å². The van der Waals surface area contributed by atoms with Crippen LogP contribution in [0.15, 0.2) is 0 Å². The molecule has 4 rings (SSSR count). The van der Waals surface area contributed by atoms with E-state index in [-0.39, 0.29) is 36.5 Å². The van der Waals surface area contributed by atoms with Gasteiger partial charge in [-0.3, -0.25) is 19.4 Å². The van der Waals surface area contributed by atoms with Gasteiger partial charge in [0.05, 0.1) is 23.9 Å². The smallest absolute Gasteiger partial charge is 0.319 e. The fraction of sp³-hybridized carbons (Fsp3) is 0.941. The van der Waals surface area contributed by atoms with Crippen LogP contribution in [0.3, 0.4) is 0 Å². The highest BCUT2D eigenvalue weighted by atomic mass is 16.7. The molecule has 0 aromatic rings. The van der Waals surface area contributed by atoms with Crippen LogP contribution in [0.1, 0.15) is 67.2 Å². The normalized spacial score (nSPS) is 41.6. The van der Waals surface area contributed by atoms with Crippen LogP contribution in [0.5, 0.6) is 0 Å². The summed E-state index contributed by atoms with van der Waals surface area (Å²) in [6.07, 6.45) is 0.995. The summed E-state index contributed by atoms with van der Waals surface area (Å²) in [5, 5.41) is 11.3. The number of Topliss-reactive ketones (excluding diaryl/α,β-unsaturated/α-hetero) is 1. The van der Waals surface area contributed by atoms with E-state index in [2.05, 4.69) is 23.8 Å². The number of hydrogen-bond acceptors (Lipinski definition) is 11. The van der Waals surface area contributed by atoms with Crippen LogP contribution in [0.25, 0.3) is 0 Å². The van der Waals surface area contributed by atoms with Gasteiger partial charge in [0.2, 0.25) is 0 Å². The maximum absolute atomic E-state index is 14.2. The van der Waals surface area contributed by atoms with Crippen LogP contribution in [0, 0.1) is 23.2 Å². The van der Waals surface area contributed by atoms with Crippen molar-refractivity contribution in [1.82, 2.24) is 14.7 Å². The molecule has 1 N–H and O–H groups in total. The lowest BCUT2D eigenvalue weighted by Gasteiger charge is -2.48. The summed E-state index contributed by atoms with van der Waals surface area (Å²) in [7, 11) is 7.60. The van der Waals surface area contributed by atoms with E-state index in [1.165, 1.54) is 0 Å². The van der Waals surface area contributed by atoms with E-state index in [0.717, 1.165) is 45.6 Å². The van der Waals surface area contributed by atoms with Gasteiger partial charge in [0.1, 0.15) is 18.1 Å². The third-order valence-corrected chi connectivity index (χ3v) is 10.9. The van der Waals surface area contributed by atoms with Crippen molar-refractivity contribution in [2.45, 2.75) is 116 Å². The number of likely N-dealkylation sites (tertiary alicyclic amines) is 1. The monoisotopic (exact) mass is 639 g/mol. The van der Waals surface area contributed by atoms with Crippen molar-refractivity contribution < 1.29 is 38.4 Å². The first-order chi connectivity index (χ1) is 21.1. The summed E-state index contributed by atoms with van der Waals surface area (Å²) >= 11 is 0. The van der Waals surface area contributed by atoms with Gasteiger partial charge >= 0.3 is 5.97 Å². The number of esters is 1. The molecule has 260 valence electrons. The average Bonchev–Trinajstić information content (AvgIpc) is 3.47. The van der Waals surface area contributed by atoms with E-state index in [0.29, 0.717) is 24.9 Å². The van der Waals surface area contributed by atoms with Gasteiger partial charge < -0.3 is 33.7 Å². The highest BCUT2D eigenvalue weighted by Crippen LogP contribution is 2.38. The summed E-state index contributed by atoms with van der Waals surface area (Å²) in [4.78, 5) is 34.6. The highest BCUT2D eigenvalue weighted by molar-refractivity contribution is 6.04. The predicted molar refractivity (Wildman–Crippen MR) is 171 cm³/mol. The van der Waals surface area contributed by atoms with Crippen LogP contribution in [0.2, 0.25) is 0 Å². The molecule has 0 radical (unpaired) electrons. The Labute approximate surface area is 271 Å². The molecule has 4 fully saturated rings. The van der Waals surface area contributed by atoms with Crippen molar-refractivity contribution in [3.8, 4) is 0 Å². The van der Waals surface area contributed by atoms with Gasteiger partial charge in [-0.2, -0.15) is 0 Å². The molecule has 45 heavy (non-hydrogen) atoms. The molecule has 0 saturated carbocycles. The van der Waals surface area contributed by atoms with Gasteiger partial charge in [0, 0.05) is 63.8 Å². The molecular weight excluding hydrogens is 578 g/mol. The summed E-state index contributed by atoms with van der Waals surface area (Å²) in [5.41, 5.74) is -2.32. The minimum Gasteiger partial charge on any atom is -0.463 e. The molecule has 1 unspecified atom stereocenters. The van der Waals surface area contributed by atoms with Crippen LogP contribution >= 0.6 is 0 Å². The van der Waals surface area contributed by atoms with Gasteiger partial charge in [0.15, 0.2) is 12.1 Å². The molecule has 4 heterocycles. The van der Waals surface area contributed by atoms with Gasteiger partial charge in [-0.25, -0.2) is 0 Å². The van der Waals surface area contributed by atoms with Crippen LogP contribution in [-0.2, 0) is 33.3 Å². The number of aliphatic hydroxyl groups is 1. The Kier molecular flexibility index (Phi) is 12.2. The highest BCUT2D eigenvalue weighted by Gasteiger charge is 2.52. The minimum absolute atomic E-state index is 0.0253. The molecule has 0 amide bonds. The van der Waals surface area contributed by atoms with E-state index in [1.54, 1.807) is 27.9 Å². The Hall–Kier alpha value is -1.18. The number of ketones is 1. The van der Waals surface area contributed by atoms with Gasteiger partial charge in [-0.1, -0.05) is 13.8 Å². The average molecular weight is 640 g/mol. The lowest BCUT2D eigenvalue weighted by atomic mass is 9.74. The van der Waals surface area contributed by atoms with E-state index in [4.69, 9.17) is 23.7 Å². The van der Waals surface area contributed by atoms with Crippen LogP contribution < -0.4 is 0 Å². The molecule has 0 aromatic heterocycles. The second-order valence-corrected chi connectivity index (χ2v) is 15.5. The number of methoxy groups -OCH3 is 1. The lowest BCUT2D eigenvalue weighted by molar-refractivity contribution is -0.295. The third-order valence-electron chi connectivity index (χ3n) is 10.9. The number of carbonyl (C=O) groups is 2. The Morgan fingerprint density at radius 1 is 1.09 bits per heavy atom. The Morgan fingerprint density at radius 3 is 2.38 bits per heavy atom. The van der Waals surface area contributed by atoms with Gasteiger partial charge in [0.25, 0.3) is 0 Å². The SMILES string of the molecule is CO[C@]1(C)C[C@@H](C)CN(C)[C@H](C2CN(CC3CCCO3)C2)COC(=O)C(C)(C)C(=O)[C@H](C)[C@H]1O[C@@H]1O[C@H](C)C[C@H](N(C)C)[C@H]1O. The summed E-state index contributed by atoms with van der Waals surface area (Å²) in [5.74, 6) is -1.06. The topological polar surface area (TPSA) is 110 Å². The molecule has 11 nitrogen and oxygen atoms in total. The minimum atomic E-state index is -1.41. The first kappa shape index (κ1) is 36.7. The number of rotatable bonds is 7. The van der Waals surface area contributed by atoms with Crippen molar-refractivity contribution in [2.24, 2.45) is 23.2 Å². The molecule has 0 aromatic carbocycles. The number of ether oxygens (including phenoxy) is 5. The summed E-state index contributed by atoms with van der Waals surface area (Å²) < 4.78 is 30.9. The zero-order valence-corrected chi connectivity index (χ0v) is 29.5. The fourth-order valence-electron chi connectivity index (χ4n) is 8.14. The Morgan fingerprint density at radius 2 is 1.78 bits per heavy atom. The molecule has 11 heteroatoms. The lowest BCUT2D eigenvalue weighted by Crippen LogP contribution is -2.59. The zero-order valence-electron chi connectivity index (χ0n) is 29.5. The van der Waals surface area contributed by atoms with E-state index >= 15 is 0 Å². The quantitative estimate of drug-likeness (QED) is 0.328. The first-order valence-corrected chi connectivity index (χ1v) is 17.0. The zero-order chi connectivity index (χ0) is 33.3. The number of hydrogen-bond donors (Lipinski definition) is 1. The second kappa shape index (κ2) is 14.9. The van der Waals surface area contributed by atoms with E-state index in [1.807, 2.05) is 32.8 Å². The van der Waals surface area contributed by atoms with Gasteiger partial charge in [-0.15, -0.1) is 0 Å². The number of likely N-dealkylation sites (N-methyl/N-ethyl adjacent to an activating group) is 2. The molecule has 0 spiro atoms. The Bertz CT molecular complexity index is 1000. The van der Waals surface area contributed by atoms with Crippen molar-refractivity contribution >= 4 is 11.8 Å². The molecule has 0 bridgehead atoms. The van der Waals surface area contributed by atoms with Crippen molar-refractivity contribution in [3.05, 3.63) is 0 Å². The molecular formula is C34H61N3O8. The largest absolute Gasteiger partial charge is 0.463 e. The maximum atomic E-state index is 14.2. The van der Waals surface area contributed by atoms with Crippen molar-refractivity contribution in [2.75, 3.05) is 67.6 Å². The number of cyclic esters (lactones) is 1. The molecule has 10 atom stereocenters. The maximum Gasteiger partial charge on any atom is 0.319 e. The molecule has 4 aliphatic heterocycles. The van der Waals surface area contributed by atoms with E-state index in [9.17, 15) is 14.7 Å². The second-order valence-electron chi connectivity index (χ2n) is 15.5. The molecule has 4 saturated heterocycles. The van der Waals surface area contributed by atoms with Crippen LogP contribution in [0.4, 0.5) is 0 Å². The number of carbonyl (C=O) groups excluding carboxylic acids is 2. The predicted octanol–water partition coefficient (Wildman–Crippen LogP) is 2.43. The molecule has 4 aliphatic rings. The Balaban J connectivity index is 1.58. The standard InChI is InChI=1S/C34H61N3O8/c1-21-15-34(6,41-10)30(45-31-28(38)26(35(7)8)14-22(2)44-31)23(3)29(39)33(4,5)32(40)43-20-27(36(9)16-21)24-17-37(18-24)19-25-12-11-13-42-25/h21-28,30-31,38H,11-20H2,1-10H3/t21-,22-,23+,25?,26+,27+,28-,30-,31+,34-/m1/s1. The summed E-state index contributed by atoms with van der Waals surface area (Å²) in [6.45, 7) is 15.8. The third kappa shape index (κ3) is 8.28. The van der Waals surface area contributed by atoms with Crippen molar-refractivity contribution in [3.63, 3.8) is 0 Å². The van der Waals surface area contributed by atoms with Crippen molar-refractivity contribution in [1.29, 1.82) is 0 Å². The van der Waals surface area contributed by atoms with Crippen LogP contribution in [-0.4, -0.2) is 148 Å².